The van der Waals surface area contributed by atoms with Gasteiger partial charge in [-0.1, -0.05) is 40.2 Å². The third-order valence-electron chi connectivity index (χ3n) is 7.14. The molecule has 1 aliphatic heterocycles. The van der Waals surface area contributed by atoms with E-state index >= 15 is 0 Å². The summed E-state index contributed by atoms with van der Waals surface area (Å²) in [4.78, 5) is 51.2. The Labute approximate surface area is 243 Å². The summed E-state index contributed by atoms with van der Waals surface area (Å²) in [6.07, 6.45) is 1.97. The number of unbranched alkanes of at least 4 members (excludes halogenated alkanes) is 1. The molecule has 0 saturated carbocycles. The van der Waals surface area contributed by atoms with Crippen molar-refractivity contribution in [1.29, 1.82) is 0 Å². The lowest BCUT2D eigenvalue weighted by atomic mass is 9.79. The molecule has 0 bridgehead atoms. The van der Waals surface area contributed by atoms with Gasteiger partial charge in [-0.3, -0.25) is 19.7 Å². The third-order valence-corrected chi connectivity index (χ3v) is 7.14. The molecule has 0 saturated heterocycles. The van der Waals surface area contributed by atoms with Gasteiger partial charge in [0.15, 0.2) is 0 Å². The van der Waals surface area contributed by atoms with Gasteiger partial charge in [0.05, 0.1) is 22.8 Å². The highest BCUT2D eigenvalue weighted by Gasteiger charge is 2.35. The Balaban J connectivity index is 2.19. The van der Waals surface area contributed by atoms with Crippen molar-refractivity contribution in [1.82, 2.24) is 10.6 Å². The van der Waals surface area contributed by atoms with Gasteiger partial charge >= 0.3 is 6.09 Å². The smallest absolute Gasteiger partial charge is 0.407 e. The summed E-state index contributed by atoms with van der Waals surface area (Å²) in [6, 6.07) is 3.82. The molecule has 0 radical (unpaired) electrons. The molecule has 3 amide bonds. The number of alkyl carbamates (subject to hydrolysis) is 1. The van der Waals surface area contributed by atoms with Crippen LogP contribution in [0, 0.1) is 21.4 Å². The Kier molecular flexibility index (Phi) is 12.1. The van der Waals surface area contributed by atoms with Gasteiger partial charge in [0.1, 0.15) is 5.60 Å². The summed E-state index contributed by atoms with van der Waals surface area (Å²) in [6.45, 7) is 13.8. The fourth-order valence-corrected chi connectivity index (χ4v) is 5.05. The molecule has 2 rings (SSSR count). The Hall–Kier alpha value is -3.21. The zero-order valence-corrected chi connectivity index (χ0v) is 25.6. The maximum atomic E-state index is 13.5. The molecule has 3 atom stereocenters. The molecule has 41 heavy (non-hydrogen) atoms. The van der Waals surface area contributed by atoms with Gasteiger partial charge in [-0.05, 0) is 63.9 Å². The van der Waals surface area contributed by atoms with Crippen molar-refractivity contribution >= 4 is 29.3 Å². The fraction of sp³-hybridized carbons (Fsp3) is 0.700. The van der Waals surface area contributed by atoms with Crippen LogP contribution in [0.1, 0.15) is 92.6 Å². The molecule has 0 spiro atoms. The molecular formula is C30H48N4O7. The number of non-ortho nitro benzene ring substituents is 1. The molecule has 1 aromatic carbocycles. The minimum Gasteiger partial charge on any atom is -0.444 e. The van der Waals surface area contributed by atoms with Crippen LogP contribution < -0.4 is 15.5 Å². The first-order valence-electron chi connectivity index (χ1n) is 14.6. The average Bonchev–Trinajstić information content (AvgIpc) is 2.85. The normalized spacial score (nSPS) is 15.8. The van der Waals surface area contributed by atoms with Crippen LogP contribution in [0.4, 0.5) is 16.2 Å². The molecule has 1 aromatic rings. The van der Waals surface area contributed by atoms with Crippen molar-refractivity contribution in [2.24, 2.45) is 11.3 Å². The Morgan fingerprint density at radius 1 is 1.20 bits per heavy atom. The zero-order chi connectivity index (χ0) is 31.0. The van der Waals surface area contributed by atoms with Gasteiger partial charge < -0.3 is 25.4 Å². The SMILES string of the molecule is CCCCNC(=O)[C@H](C)C[C@H](O)[C@H](CC(C)(C)CC(=O)N1CCCc2ccc([N+](=O)[O-])cc21)NC(=O)OC(C)(C)C. The van der Waals surface area contributed by atoms with Crippen LogP contribution in [-0.2, 0) is 20.7 Å². The number of benzene rings is 1. The first kappa shape index (κ1) is 34.0. The Morgan fingerprint density at radius 3 is 2.49 bits per heavy atom. The lowest BCUT2D eigenvalue weighted by molar-refractivity contribution is -0.384. The van der Waals surface area contributed by atoms with Gasteiger partial charge in [0, 0.05) is 37.6 Å². The van der Waals surface area contributed by atoms with E-state index in [4.69, 9.17) is 4.74 Å². The maximum absolute atomic E-state index is 13.5. The van der Waals surface area contributed by atoms with Crippen LogP contribution in [0.25, 0.3) is 0 Å². The number of anilines is 1. The monoisotopic (exact) mass is 576 g/mol. The van der Waals surface area contributed by atoms with E-state index in [1.807, 2.05) is 20.8 Å². The van der Waals surface area contributed by atoms with Crippen LogP contribution in [0.2, 0.25) is 0 Å². The van der Waals surface area contributed by atoms with E-state index in [-0.39, 0.29) is 36.8 Å². The largest absolute Gasteiger partial charge is 0.444 e. The summed E-state index contributed by atoms with van der Waals surface area (Å²) in [5.41, 5.74) is -0.0539. The number of hydrogen-bond acceptors (Lipinski definition) is 7. The highest BCUT2D eigenvalue weighted by Crippen LogP contribution is 2.35. The number of carbonyl (C=O) groups is 3. The second-order valence-corrected chi connectivity index (χ2v) is 12.9. The van der Waals surface area contributed by atoms with E-state index in [1.54, 1.807) is 38.7 Å². The predicted octanol–water partition coefficient (Wildman–Crippen LogP) is 4.88. The van der Waals surface area contributed by atoms with Crippen LogP contribution in [0.15, 0.2) is 18.2 Å². The number of carbonyl (C=O) groups excluding carboxylic acids is 3. The highest BCUT2D eigenvalue weighted by atomic mass is 16.6. The molecule has 230 valence electrons. The standard InChI is InChI=1S/C30H48N4O7/c1-8-9-14-31-27(37)20(2)16-25(35)23(32-28(38)41-29(3,4)5)18-30(6,7)19-26(36)33-15-10-11-21-12-13-22(34(39)40)17-24(21)33/h12-13,17,20,23,25,35H,8-11,14-16,18-19H2,1-7H3,(H,31,37)(H,32,38)/t20-,23+,25+/m1/s1. The number of fused-ring (bicyclic) bond motifs is 1. The number of amides is 3. The quantitative estimate of drug-likeness (QED) is 0.172. The third kappa shape index (κ3) is 10.9. The molecule has 0 fully saturated rings. The Bertz CT molecular complexity index is 1080. The van der Waals surface area contributed by atoms with Crippen LogP contribution in [0.3, 0.4) is 0 Å². The van der Waals surface area contributed by atoms with Crippen molar-refractivity contribution in [3.63, 3.8) is 0 Å². The molecule has 11 heteroatoms. The lowest BCUT2D eigenvalue weighted by Gasteiger charge is -2.36. The molecular weight excluding hydrogens is 528 g/mol. The second-order valence-electron chi connectivity index (χ2n) is 12.9. The fourth-order valence-electron chi connectivity index (χ4n) is 5.05. The van der Waals surface area contributed by atoms with E-state index in [1.165, 1.54) is 12.1 Å². The molecule has 11 nitrogen and oxygen atoms in total. The minimum absolute atomic E-state index is 0.0692. The number of aliphatic hydroxyl groups excluding tert-OH is 1. The molecule has 0 unspecified atom stereocenters. The van der Waals surface area contributed by atoms with Crippen molar-refractivity contribution in [2.45, 2.75) is 111 Å². The van der Waals surface area contributed by atoms with Crippen LogP contribution in [-0.4, -0.2) is 58.8 Å². The first-order chi connectivity index (χ1) is 19.0. The van der Waals surface area contributed by atoms with Crippen molar-refractivity contribution in [2.75, 3.05) is 18.0 Å². The van der Waals surface area contributed by atoms with Gasteiger partial charge in [0.2, 0.25) is 11.8 Å². The van der Waals surface area contributed by atoms with E-state index in [2.05, 4.69) is 10.6 Å². The predicted molar refractivity (Wildman–Crippen MR) is 158 cm³/mol. The van der Waals surface area contributed by atoms with Crippen molar-refractivity contribution in [3.05, 3.63) is 33.9 Å². The number of nitrogens with one attached hydrogen (secondary N) is 2. The highest BCUT2D eigenvalue weighted by molar-refractivity contribution is 5.95. The zero-order valence-electron chi connectivity index (χ0n) is 25.6. The topological polar surface area (TPSA) is 151 Å². The van der Waals surface area contributed by atoms with Crippen molar-refractivity contribution < 1.29 is 29.2 Å². The summed E-state index contributed by atoms with van der Waals surface area (Å²) in [7, 11) is 0. The minimum atomic E-state index is -1.07. The second kappa shape index (κ2) is 14.6. The first-order valence-corrected chi connectivity index (χ1v) is 14.6. The van der Waals surface area contributed by atoms with E-state index in [0.717, 1.165) is 31.2 Å². The van der Waals surface area contributed by atoms with Gasteiger partial charge in [-0.15, -0.1) is 0 Å². The molecule has 1 aliphatic rings. The summed E-state index contributed by atoms with van der Waals surface area (Å²) < 4.78 is 5.43. The average molecular weight is 577 g/mol. The van der Waals surface area contributed by atoms with E-state index < -0.39 is 40.1 Å². The van der Waals surface area contributed by atoms with Gasteiger partial charge in [-0.25, -0.2) is 4.79 Å². The molecule has 3 N–H and O–H groups in total. The number of rotatable bonds is 13. The number of nitro benzene ring substituents is 1. The number of nitro groups is 1. The number of aryl methyl sites for hydroxylation is 1. The number of ether oxygens (including phenoxy) is 1. The van der Waals surface area contributed by atoms with E-state index in [0.29, 0.717) is 18.8 Å². The van der Waals surface area contributed by atoms with Crippen molar-refractivity contribution in [3.8, 4) is 0 Å². The maximum Gasteiger partial charge on any atom is 0.407 e. The van der Waals surface area contributed by atoms with Gasteiger partial charge in [0.25, 0.3) is 5.69 Å². The summed E-state index contributed by atoms with van der Waals surface area (Å²) in [5, 5.41) is 28.2. The van der Waals surface area contributed by atoms with Crippen LogP contribution in [0.5, 0.6) is 0 Å². The van der Waals surface area contributed by atoms with Crippen LogP contribution >= 0.6 is 0 Å². The lowest BCUT2D eigenvalue weighted by Crippen LogP contribution is -2.49. The molecule has 0 aromatic heterocycles. The molecule has 1 heterocycles. The Morgan fingerprint density at radius 2 is 1.88 bits per heavy atom. The summed E-state index contributed by atoms with van der Waals surface area (Å²) in [5.74, 6) is -0.846. The number of hydrogen-bond donors (Lipinski definition) is 3. The number of nitrogens with zero attached hydrogens (tertiary/aromatic N) is 2. The number of aliphatic hydroxyl groups is 1. The summed E-state index contributed by atoms with van der Waals surface area (Å²) >= 11 is 0. The van der Waals surface area contributed by atoms with E-state index in [9.17, 15) is 29.6 Å². The molecule has 0 aliphatic carbocycles. The van der Waals surface area contributed by atoms with Gasteiger partial charge in [-0.2, -0.15) is 0 Å².